The molecule has 0 aliphatic heterocycles. The van der Waals surface area contributed by atoms with Crippen molar-refractivity contribution in [2.75, 3.05) is 40.0 Å². The largest absolute Gasteiger partial charge is 0.385 e. The Morgan fingerprint density at radius 3 is 2.47 bits per heavy atom. The molecule has 0 heterocycles. The molecule has 0 aromatic carbocycles. The number of rotatable bonds is 10. The van der Waals surface area contributed by atoms with Crippen molar-refractivity contribution in [2.24, 2.45) is 5.41 Å². The van der Waals surface area contributed by atoms with Gasteiger partial charge in [0.2, 0.25) is 0 Å². The van der Waals surface area contributed by atoms with Crippen LogP contribution in [0.25, 0.3) is 0 Å². The lowest BCUT2D eigenvalue weighted by molar-refractivity contribution is 0.103. The molecule has 15 heavy (non-hydrogen) atoms. The lowest BCUT2D eigenvalue weighted by Gasteiger charge is -2.22. The van der Waals surface area contributed by atoms with Gasteiger partial charge in [-0.25, -0.2) is 0 Å². The van der Waals surface area contributed by atoms with Crippen LogP contribution in [0.5, 0.6) is 0 Å². The van der Waals surface area contributed by atoms with Gasteiger partial charge in [-0.2, -0.15) is 0 Å². The zero-order chi connectivity index (χ0) is 11.6. The first kappa shape index (κ1) is 14.9. The highest BCUT2D eigenvalue weighted by atomic mass is 16.5. The molecule has 0 aliphatic carbocycles. The van der Waals surface area contributed by atoms with Crippen molar-refractivity contribution in [3.63, 3.8) is 0 Å². The minimum atomic E-state index is 0.399. The van der Waals surface area contributed by atoms with E-state index in [4.69, 9.17) is 9.47 Å². The standard InChI is InChI=1S/C12H27NO2/c1-5-12(2,3)11-13-7-10-15-9-6-8-14-4/h13H,5-11H2,1-4H3. The van der Waals surface area contributed by atoms with Gasteiger partial charge >= 0.3 is 0 Å². The highest BCUT2D eigenvalue weighted by molar-refractivity contribution is 4.68. The zero-order valence-corrected chi connectivity index (χ0v) is 10.8. The van der Waals surface area contributed by atoms with Crippen molar-refractivity contribution in [2.45, 2.75) is 33.6 Å². The molecule has 1 N–H and O–H groups in total. The summed E-state index contributed by atoms with van der Waals surface area (Å²) in [4.78, 5) is 0. The molecule has 0 atom stereocenters. The van der Waals surface area contributed by atoms with Gasteiger partial charge in [0, 0.05) is 33.4 Å². The van der Waals surface area contributed by atoms with E-state index in [0.29, 0.717) is 5.41 Å². The molecule has 0 spiro atoms. The lowest BCUT2D eigenvalue weighted by Crippen LogP contribution is -2.31. The van der Waals surface area contributed by atoms with Crippen LogP contribution in [0.15, 0.2) is 0 Å². The summed E-state index contributed by atoms with van der Waals surface area (Å²) < 4.78 is 10.4. The Bertz CT molecular complexity index is 138. The van der Waals surface area contributed by atoms with Gasteiger partial charge in [-0.05, 0) is 18.3 Å². The summed E-state index contributed by atoms with van der Waals surface area (Å²) in [5.41, 5.74) is 0.399. The molecule has 0 amide bonds. The lowest BCUT2D eigenvalue weighted by atomic mass is 9.90. The summed E-state index contributed by atoms with van der Waals surface area (Å²) in [6.45, 7) is 11.2. The maximum absolute atomic E-state index is 5.44. The number of hydrogen-bond acceptors (Lipinski definition) is 3. The maximum Gasteiger partial charge on any atom is 0.0590 e. The van der Waals surface area contributed by atoms with Crippen LogP contribution < -0.4 is 5.32 Å². The average molecular weight is 217 g/mol. The summed E-state index contributed by atoms with van der Waals surface area (Å²) in [6.07, 6.45) is 2.19. The van der Waals surface area contributed by atoms with Gasteiger partial charge in [0.05, 0.1) is 6.61 Å². The molecule has 0 unspecified atom stereocenters. The summed E-state index contributed by atoms with van der Waals surface area (Å²) in [6, 6.07) is 0. The molecular weight excluding hydrogens is 190 g/mol. The SMILES string of the molecule is CCC(C)(C)CNCCOCCCOC. The summed E-state index contributed by atoms with van der Waals surface area (Å²) >= 11 is 0. The molecule has 0 saturated heterocycles. The van der Waals surface area contributed by atoms with Crippen molar-refractivity contribution in [1.82, 2.24) is 5.32 Å². The molecule has 0 rings (SSSR count). The topological polar surface area (TPSA) is 30.5 Å². The van der Waals surface area contributed by atoms with Crippen molar-refractivity contribution in [3.05, 3.63) is 0 Å². The number of hydrogen-bond donors (Lipinski definition) is 1. The smallest absolute Gasteiger partial charge is 0.0590 e. The van der Waals surface area contributed by atoms with E-state index in [1.165, 1.54) is 6.42 Å². The summed E-state index contributed by atoms with van der Waals surface area (Å²) in [7, 11) is 1.72. The Labute approximate surface area is 94.5 Å². The molecule has 0 saturated carbocycles. The van der Waals surface area contributed by atoms with Crippen LogP contribution in [-0.4, -0.2) is 40.0 Å². The fraction of sp³-hybridized carbons (Fsp3) is 1.00. The van der Waals surface area contributed by atoms with Gasteiger partial charge in [0.1, 0.15) is 0 Å². The Hall–Kier alpha value is -0.120. The van der Waals surface area contributed by atoms with E-state index in [0.717, 1.165) is 39.3 Å². The van der Waals surface area contributed by atoms with Crippen molar-refractivity contribution in [1.29, 1.82) is 0 Å². The summed E-state index contributed by atoms with van der Waals surface area (Å²) in [5.74, 6) is 0. The second-order valence-corrected chi connectivity index (χ2v) is 4.65. The molecule has 0 aliphatic rings. The van der Waals surface area contributed by atoms with Gasteiger partial charge in [0.15, 0.2) is 0 Å². The zero-order valence-electron chi connectivity index (χ0n) is 10.8. The van der Waals surface area contributed by atoms with Crippen LogP contribution >= 0.6 is 0 Å². The first-order valence-electron chi connectivity index (χ1n) is 5.90. The highest BCUT2D eigenvalue weighted by Gasteiger charge is 2.13. The quantitative estimate of drug-likeness (QED) is 0.568. The van der Waals surface area contributed by atoms with Crippen molar-refractivity contribution < 1.29 is 9.47 Å². The molecule has 0 bridgehead atoms. The van der Waals surface area contributed by atoms with Gasteiger partial charge in [-0.1, -0.05) is 20.8 Å². The van der Waals surface area contributed by atoms with Crippen molar-refractivity contribution in [3.8, 4) is 0 Å². The molecule has 0 aromatic heterocycles. The predicted molar refractivity (Wildman–Crippen MR) is 64.3 cm³/mol. The Kier molecular flexibility index (Phi) is 9.06. The third-order valence-corrected chi connectivity index (χ3v) is 2.62. The van der Waals surface area contributed by atoms with Crippen LogP contribution in [-0.2, 0) is 9.47 Å². The van der Waals surface area contributed by atoms with E-state index in [2.05, 4.69) is 26.1 Å². The van der Waals surface area contributed by atoms with E-state index in [1.54, 1.807) is 7.11 Å². The molecule has 3 nitrogen and oxygen atoms in total. The highest BCUT2D eigenvalue weighted by Crippen LogP contribution is 2.17. The van der Waals surface area contributed by atoms with Crippen LogP contribution in [0.2, 0.25) is 0 Å². The molecule has 3 heteroatoms. The van der Waals surface area contributed by atoms with Gasteiger partial charge in [-0.3, -0.25) is 0 Å². The normalized spacial score (nSPS) is 12.0. The van der Waals surface area contributed by atoms with Gasteiger partial charge < -0.3 is 14.8 Å². The van der Waals surface area contributed by atoms with Gasteiger partial charge in [0.25, 0.3) is 0 Å². The molecule has 92 valence electrons. The van der Waals surface area contributed by atoms with Crippen LogP contribution in [0.3, 0.4) is 0 Å². The fourth-order valence-electron chi connectivity index (χ4n) is 1.10. The first-order chi connectivity index (χ1) is 7.12. The molecule has 0 aromatic rings. The van der Waals surface area contributed by atoms with Crippen LogP contribution in [0.1, 0.15) is 33.6 Å². The Balaban J connectivity index is 3.11. The summed E-state index contributed by atoms with van der Waals surface area (Å²) in [5, 5.41) is 3.41. The number of nitrogens with one attached hydrogen (secondary N) is 1. The Morgan fingerprint density at radius 2 is 1.87 bits per heavy atom. The molecule has 0 radical (unpaired) electrons. The van der Waals surface area contributed by atoms with Crippen molar-refractivity contribution >= 4 is 0 Å². The minimum Gasteiger partial charge on any atom is -0.385 e. The first-order valence-corrected chi connectivity index (χ1v) is 5.90. The van der Waals surface area contributed by atoms with E-state index in [1.807, 2.05) is 0 Å². The molecular formula is C12H27NO2. The minimum absolute atomic E-state index is 0.399. The second-order valence-electron chi connectivity index (χ2n) is 4.65. The number of ether oxygens (including phenoxy) is 2. The predicted octanol–water partition coefficient (Wildman–Crippen LogP) is 2.07. The number of methoxy groups -OCH3 is 1. The van der Waals surface area contributed by atoms with Crippen LogP contribution in [0.4, 0.5) is 0 Å². The maximum atomic E-state index is 5.44. The second kappa shape index (κ2) is 9.13. The van der Waals surface area contributed by atoms with Crippen LogP contribution in [0, 0.1) is 5.41 Å². The van der Waals surface area contributed by atoms with E-state index < -0.39 is 0 Å². The third-order valence-electron chi connectivity index (χ3n) is 2.62. The van der Waals surface area contributed by atoms with E-state index in [-0.39, 0.29) is 0 Å². The fourth-order valence-corrected chi connectivity index (χ4v) is 1.10. The average Bonchev–Trinajstić information content (AvgIpc) is 2.22. The monoisotopic (exact) mass is 217 g/mol. The Morgan fingerprint density at radius 1 is 1.13 bits per heavy atom. The van der Waals surface area contributed by atoms with Gasteiger partial charge in [-0.15, -0.1) is 0 Å². The van der Waals surface area contributed by atoms with E-state index in [9.17, 15) is 0 Å². The third kappa shape index (κ3) is 10.2. The molecule has 0 fully saturated rings. The van der Waals surface area contributed by atoms with E-state index >= 15 is 0 Å².